The molecule has 1 N–H and O–H groups in total. The SMILES string of the molecule is Cc1ccccc1-n1c(SCc2nc(C(=O)NCCC(C)C)cs2)nnc1-c1ccco1. The van der Waals surface area contributed by atoms with Crippen molar-refractivity contribution >= 4 is 29.0 Å². The third kappa shape index (κ3) is 5.11. The zero-order valence-electron chi connectivity index (χ0n) is 18.2. The fourth-order valence-corrected chi connectivity index (χ4v) is 4.87. The molecule has 0 fully saturated rings. The van der Waals surface area contributed by atoms with Crippen LogP contribution in [0.3, 0.4) is 0 Å². The van der Waals surface area contributed by atoms with Gasteiger partial charge < -0.3 is 9.73 Å². The van der Waals surface area contributed by atoms with Crippen molar-refractivity contribution in [3.05, 3.63) is 64.3 Å². The van der Waals surface area contributed by atoms with Gasteiger partial charge in [0.1, 0.15) is 10.7 Å². The summed E-state index contributed by atoms with van der Waals surface area (Å²) in [6.45, 7) is 6.99. The second kappa shape index (κ2) is 10.1. The van der Waals surface area contributed by atoms with E-state index >= 15 is 0 Å². The molecular formula is C23H25N5O2S2. The molecule has 0 atom stereocenters. The summed E-state index contributed by atoms with van der Waals surface area (Å²) in [5, 5.41) is 15.1. The summed E-state index contributed by atoms with van der Waals surface area (Å²) in [6, 6.07) is 11.8. The minimum atomic E-state index is -0.124. The van der Waals surface area contributed by atoms with E-state index in [1.165, 1.54) is 23.1 Å². The predicted octanol–water partition coefficient (Wildman–Crippen LogP) is 5.36. The van der Waals surface area contributed by atoms with Crippen LogP contribution in [-0.2, 0) is 5.75 Å². The standard InChI is InChI=1S/C23H25N5O2S2/c1-15(2)10-11-24-22(29)17-13-31-20(25-17)14-32-23-27-26-21(19-9-6-12-30-19)28(23)18-8-5-4-7-16(18)3/h4-9,12-13,15H,10-11,14H2,1-3H3,(H,24,29). The van der Waals surface area contributed by atoms with Gasteiger partial charge in [-0.3, -0.25) is 9.36 Å². The Morgan fingerprint density at radius 1 is 1.22 bits per heavy atom. The first-order valence-electron chi connectivity index (χ1n) is 10.4. The van der Waals surface area contributed by atoms with Gasteiger partial charge in [0.15, 0.2) is 10.9 Å². The molecule has 32 heavy (non-hydrogen) atoms. The summed E-state index contributed by atoms with van der Waals surface area (Å²) >= 11 is 3.01. The molecule has 3 heterocycles. The second-order valence-corrected chi connectivity index (χ2v) is 9.64. The molecule has 0 saturated carbocycles. The van der Waals surface area contributed by atoms with Crippen LogP contribution < -0.4 is 5.32 Å². The van der Waals surface area contributed by atoms with E-state index in [4.69, 9.17) is 4.42 Å². The number of aromatic nitrogens is 4. The van der Waals surface area contributed by atoms with Crippen LogP contribution in [0.25, 0.3) is 17.3 Å². The van der Waals surface area contributed by atoms with Crippen LogP contribution in [0, 0.1) is 12.8 Å². The maximum Gasteiger partial charge on any atom is 0.270 e. The number of carbonyl (C=O) groups excluding carboxylic acids is 1. The Morgan fingerprint density at radius 2 is 2.06 bits per heavy atom. The van der Waals surface area contributed by atoms with Gasteiger partial charge in [0.05, 0.1) is 17.7 Å². The molecule has 1 aromatic carbocycles. The first kappa shape index (κ1) is 22.3. The van der Waals surface area contributed by atoms with Crippen LogP contribution in [0.15, 0.2) is 57.6 Å². The van der Waals surface area contributed by atoms with Gasteiger partial charge in [-0.2, -0.15) is 0 Å². The summed E-state index contributed by atoms with van der Waals surface area (Å²) in [5.41, 5.74) is 2.57. The molecule has 0 aliphatic heterocycles. The fourth-order valence-electron chi connectivity index (χ4n) is 3.13. The number of hydrogen-bond donors (Lipinski definition) is 1. The molecule has 0 unspecified atom stereocenters. The highest BCUT2D eigenvalue weighted by Crippen LogP contribution is 2.31. The number of amides is 1. The molecule has 4 rings (SSSR count). The van der Waals surface area contributed by atoms with E-state index in [2.05, 4.69) is 47.3 Å². The molecule has 166 valence electrons. The lowest BCUT2D eigenvalue weighted by atomic mass is 10.1. The van der Waals surface area contributed by atoms with Gasteiger partial charge in [-0.15, -0.1) is 21.5 Å². The molecule has 0 aliphatic rings. The molecule has 3 aromatic heterocycles. The Kier molecular flexibility index (Phi) is 7.06. The van der Waals surface area contributed by atoms with Crippen molar-refractivity contribution in [2.24, 2.45) is 5.92 Å². The summed E-state index contributed by atoms with van der Waals surface area (Å²) in [4.78, 5) is 16.8. The third-order valence-electron chi connectivity index (χ3n) is 4.85. The molecule has 0 spiro atoms. The maximum absolute atomic E-state index is 12.3. The van der Waals surface area contributed by atoms with Crippen LogP contribution in [0.4, 0.5) is 0 Å². The Balaban J connectivity index is 1.52. The zero-order chi connectivity index (χ0) is 22.5. The molecule has 9 heteroatoms. The number of thiazole rings is 1. The maximum atomic E-state index is 12.3. The highest BCUT2D eigenvalue weighted by atomic mass is 32.2. The fraction of sp³-hybridized carbons (Fsp3) is 0.304. The van der Waals surface area contributed by atoms with Crippen LogP contribution in [-0.4, -0.2) is 32.2 Å². The number of para-hydroxylation sites is 1. The minimum Gasteiger partial charge on any atom is -0.461 e. The molecule has 0 radical (unpaired) electrons. The Morgan fingerprint density at radius 3 is 2.81 bits per heavy atom. The smallest absolute Gasteiger partial charge is 0.270 e. The van der Waals surface area contributed by atoms with Crippen molar-refractivity contribution in [2.75, 3.05) is 6.54 Å². The van der Waals surface area contributed by atoms with Gasteiger partial charge in [0.2, 0.25) is 5.82 Å². The van der Waals surface area contributed by atoms with Crippen LogP contribution >= 0.6 is 23.1 Å². The van der Waals surface area contributed by atoms with E-state index in [0.717, 1.165) is 27.8 Å². The summed E-state index contributed by atoms with van der Waals surface area (Å²) < 4.78 is 7.59. The molecule has 4 aromatic rings. The summed E-state index contributed by atoms with van der Waals surface area (Å²) in [5.74, 6) is 2.32. The third-order valence-corrected chi connectivity index (χ3v) is 6.82. The van der Waals surface area contributed by atoms with Crippen LogP contribution in [0.2, 0.25) is 0 Å². The first-order chi connectivity index (χ1) is 15.5. The Bertz CT molecular complexity index is 1180. The van der Waals surface area contributed by atoms with Crippen molar-refractivity contribution < 1.29 is 9.21 Å². The number of aryl methyl sites for hydroxylation is 1. The lowest BCUT2D eigenvalue weighted by Crippen LogP contribution is -2.25. The number of hydrogen-bond acceptors (Lipinski definition) is 7. The number of thioether (sulfide) groups is 1. The van der Waals surface area contributed by atoms with E-state index in [-0.39, 0.29) is 5.91 Å². The number of benzene rings is 1. The van der Waals surface area contributed by atoms with Gasteiger partial charge in [0, 0.05) is 11.9 Å². The van der Waals surface area contributed by atoms with Gasteiger partial charge in [0.25, 0.3) is 5.91 Å². The number of nitrogens with one attached hydrogen (secondary N) is 1. The molecule has 0 bridgehead atoms. The van der Waals surface area contributed by atoms with Crippen molar-refractivity contribution in [3.8, 4) is 17.3 Å². The van der Waals surface area contributed by atoms with Crippen molar-refractivity contribution in [2.45, 2.75) is 38.1 Å². The van der Waals surface area contributed by atoms with E-state index in [9.17, 15) is 4.79 Å². The van der Waals surface area contributed by atoms with Crippen LogP contribution in [0.5, 0.6) is 0 Å². The quantitative estimate of drug-likeness (QED) is 0.334. The minimum absolute atomic E-state index is 0.124. The summed E-state index contributed by atoms with van der Waals surface area (Å²) in [6.07, 6.45) is 2.58. The average molecular weight is 468 g/mol. The molecule has 1 amide bonds. The zero-order valence-corrected chi connectivity index (χ0v) is 19.9. The van der Waals surface area contributed by atoms with Gasteiger partial charge in [-0.1, -0.05) is 43.8 Å². The monoisotopic (exact) mass is 467 g/mol. The first-order valence-corrected chi connectivity index (χ1v) is 12.3. The average Bonchev–Trinajstić information content (AvgIpc) is 3.52. The normalized spacial score (nSPS) is 11.2. The summed E-state index contributed by atoms with van der Waals surface area (Å²) in [7, 11) is 0. The van der Waals surface area contributed by atoms with Gasteiger partial charge in [-0.05, 0) is 43.0 Å². The van der Waals surface area contributed by atoms with Crippen molar-refractivity contribution in [1.29, 1.82) is 0 Å². The van der Waals surface area contributed by atoms with E-state index in [1.807, 2.05) is 34.9 Å². The van der Waals surface area contributed by atoms with E-state index in [0.29, 0.717) is 35.5 Å². The van der Waals surface area contributed by atoms with E-state index in [1.54, 1.807) is 11.6 Å². The molecular weight excluding hydrogens is 442 g/mol. The largest absolute Gasteiger partial charge is 0.461 e. The molecule has 0 saturated heterocycles. The molecule has 0 aliphatic carbocycles. The molecule has 7 nitrogen and oxygen atoms in total. The number of furan rings is 1. The Labute approximate surface area is 195 Å². The van der Waals surface area contributed by atoms with Crippen LogP contribution in [0.1, 0.15) is 41.3 Å². The topological polar surface area (TPSA) is 85.8 Å². The lowest BCUT2D eigenvalue weighted by molar-refractivity contribution is 0.0947. The van der Waals surface area contributed by atoms with Crippen molar-refractivity contribution in [1.82, 2.24) is 25.1 Å². The van der Waals surface area contributed by atoms with Crippen molar-refractivity contribution in [3.63, 3.8) is 0 Å². The number of nitrogens with zero attached hydrogens (tertiary/aromatic N) is 4. The van der Waals surface area contributed by atoms with Gasteiger partial charge >= 0.3 is 0 Å². The highest BCUT2D eigenvalue weighted by molar-refractivity contribution is 7.98. The second-order valence-electron chi connectivity index (χ2n) is 7.76. The number of carbonyl (C=O) groups is 1. The van der Waals surface area contributed by atoms with Gasteiger partial charge in [-0.25, -0.2) is 4.98 Å². The van der Waals surface area contributed by atoms with E-state index < -0.39 is 0 Å². The number of rotatable bonds is 9. The highest BCUT2D eigenvalue weighted by Gasteiger charge is 2.20. The Hall–Kier alpha value is -2.91. The lowest BCUT2D eigenvalue weighted by Gasteiger charge is -2.11. The predicted molar refractivity (Wildman–Crippen MR) is 127 cm³/mol.